The normalized spacial score (nSPS) is 12.5. The molecule has 1 aromatic rings. The van der Waals surface area contributed by atoms with Gasteiger partial charge in [-0.3, -0.25) is 4.79 Å². The number of nitrogens with one attached hydrogen (secondary N) is 1. The molecule has 0 aliphatic rings. The third-order valence-electron chi connectivity index (χ3n) is 2.47. The molecule has 4 heteroatoms. The highest BCUT2D eigenvalue weighted by atomic mass is 16.2. The van der Waals surface area contributed by atoms with E-state index in [2.05, 4.69) is 10.2 Å². The van der Waals surface area contributed by atoms with Crippen LogP contribution in [-0.4, -0.2) is 30.9 Å². The number of carbonyl (C=O) groups is 1. The van der Waals surface area contributed by atoms with Crippen LogP contribution in [0.15, 0.2) is 24.3 Å². The van der Waals surface area contributed by atoms with Gasteiger partial charge in [0.2, 0.25) is 5.91 Å². The van der Waals surface area contributed by atoms with Gasteiger partial charge in [-0.2, -0.15) is 0 Å². The van der Waals surface area contributed by atoms with E-state index >= 15 is 0 Å². The molecule has 0 radical (unpaired) electrons. The molecular formula is C13H21N3O. The highest BCUT2D eigenvalue weighted by Crippen LogP contribution is 2.12. The highest BCUT2D eigenvalue weighted by molar-refractivity contribution is 5.94. The summed E-state index contributed by atoms with van der Waals surface area (Å²) in [6.45, 7) is 2.75. The van der Waals surface area contributed by atoms with E-state index in [9.17, 15) is 4.79 Å². The third-order valence-corrected chi connectivity index (χ3v) is 2.47. The second-order valence-corrected chi connectivity index (χ2v) is 4.44. The van der Waals surface area contributed by atoms with Gasteiger partial charge in [-0.25, -0.2) is 0 Å². The van der Waals surface area contributed by atoms with E-state index in [-0.39, 0.29) is 5.91 Å². The van der Waals surface area contributed by atoms with Crippen molar-refractivity contribution in [2.75, 3.05) is 19.4 Å². The number of hydrogen-bond acceptors (Lipinski definition) is 3. The molecule has 3 N–H and O–H groups in total. The highest BCUT2D eigenvalue weighted by Gasteiger charge is 2.10. The fourth-order valence-electron chi connectivity index (χ4n) is 1.53. The van der Waals surface area contributed by atoms with Crippen molar-refractivity contribution >= 4 is 11.6 Å². The van der Waals surface area contributed by atoms with E-state index in [1.165, 1.54) is 0 Å². The van der Waals surface area contributed by atoms with Crippen LogP contribution in [0.1, 0.15) is 18.9 Å². The molecule has 1 aromatic carbocycles. The first-order valence-electron chi connectivity index (χ1n) is 5.83. The van der Waals surface area contributed by atoms with Crippen molar-refractivity contribution < 1.29 is 4.79 Å². The van der Waals surface area contributed by atoms with E-state index in [1.54, 1.807) is 0 Å². The minimum atomic E-state index is -0.437. The zero-order valence-electron chi connectivity index (χ0n) is 10.7. The number of nitrogens with two attached hydrogens (primary N) is 1. The molecule has 0 aromatic heterocycles. The Balaban J connectivity index is 2.68. The van der Waals surface area contributed by atoms with Gasteiger partial charge >= 0.3 is 0 Å². The molecule has 0 aliphatic heterocycles. The molecule has 0 fully saturated rings. The molecule has 0 aliphatic carbocycles. The van der Waals surface area contributed by atoms with Crippen molar-refractivity contribution in [2.24, 2.45) is 5.73 Å². The van der Waals surface area contributed by atoms with Crippen LogP contribution in [0.2, 0.25) is 0 Å². The lowest BCUT2D eigenvalue weighted by Gasteiger charge is -2.13. The van der Waals surface area contributed by atoms with Crippen LogP contribution in [-0.2, 0) is 11.3 Å². The average Bonchev–Trinajstić information content (AvgIpc) is 2.27. The SMILES string of the molecule is CCC(N)C(=O)Nc1cccc(CN(C)C)c1. The summed E-state index contributed by atoms with van der Waals surface area (Å²) < 4.78 is 0. The lowest BCUT2D eigenvalue weighted by Crippen LogP contribution is -2.34. The van der Waals surface area contributed by atoms with E-state index < -0.39 is 6.04 Å². The summed E-state index contributed by atoms with van der Waals surface area (Å²) in [4.78, 5) is 13.7. The number of carbonyl (C=O) groups excluding carboxylic acids is 1. The van der Waals surface area contributed by atoms with Crippen LogP contribution < -0.4 is 11.1 Å². The van der Waals surface area contributed by atoms with E-state index in [0.717, 1.165) is 17.8 Å². The van der Waals surface area contributed by atoms with E-state index in [4.69, 9.17) is 5.73 Å². The molecular weight excluding hydrogens is 214 g/mol. The lowest BCUT2D eigenvalue weighted by atomic mass is 10.1. The quantitative estimate of drug-likeness (QED) is 0.811. The first kappa shape index (κ1) is 13.7. The Kier molecular flexibility index (Phi) is 5.12. The molecule has 94 valence electrons. The van der Waals surface area contributed by atoms with Gasteiger partial charge in [0.25, 0.3) is 0 Å². The van der Waals surface area contributed by atoms with Gasteiger partial charge < -0.3 is 16.0 Å². The third kappa shape index (κ3) is 4.54. The van der Waals surface area contributed by atoms with Gasteiger partial charge in [-0.1, -0.05) is 19.1 Å². The summed E-state index contributed by atoms with van der Waals surface area (Å²) in [5, 5.41) is 2.82. The molecule has 0 saturated heterocycles. The summed E-state index contributed by atoms with van der Waals surface area (Å²) in [5.41, 5.74) is 7.63. The maximum absolute atomic E-state index is 11.6. The molecule has 1 unspecified atom stereocenters. The van der Waals surface area contributed by atoms with Crippen LogP contribution in [0.5, 0.6) is 0 Å². The van der Waals surface area contributed by atoms with Crippen LogP contribution >= 0.6 is 0 Å². The Labute approximate surface area is 103 Å². The van der Waals surface area contributed by atoms with Crippen molar-refractivity contribution in [3.05, 3.63) is 29.8 Å². The molecule has 4 nitrogen and oxygen atoms in total. The predicted octanol–water partition coefficient (Wildman–Crippen LogP) is 1.42. The number of hydrogen-bond donors (Lipinski definition) is 2. The molecule has 1 rings (SSSR count). The Morgan fingerprint density at radius 2 is 2.18 bits per heavy atom. The van der Waals surface area contributed by atoms with Crippen LogP contribution in [0.4, 0.5) is 5.69 Å². The van der Waals surface area contributed by atoms with Gasteiger partial charge in [0.15, 0.2) is 0 Å². The zero-order valence-corrected chi connectivity index (χ0v) is 10.7. The lowest BCUT2D eigenvalue weighted by molar-refractivity contribution is -0.117. The van der Waals surface area contributed by atoms with Gasteiger partial charge in [0.1, 0.15) is 0 Å². The van der Waals surface area contributed by atoms with Crippen molar-refractivity contribution in [3.8, 4) is 0 Å². The minimum absolute atomic E-state index is 0.130. The fourth-order valence-corrected chi connectivity index (χ4v) is 1.53. The number of amides is 1. The number of nitrogens with zero attached hydrogens (tertiary/aromatic N) is 1. The molecule has 1 atom stereocenters. The average molecular weight is 235 g/mol. The number of rotatable bonds is 5. The predicted molar refractivity (Wildman–Crippen MR) is 70.7 cm³/mol. The smallest absolute Gasteiger partial charge is 0.241 e. The van der Waals surface area contributed by atoms with Crippen LogP contribution in [0.3, 0.4) is 0 Å². The Hall–Kier alpha value is -1.39. The van der Waals surface area contributed by atoms with Gasteiger partial charge in [0, 0.05) is 12.2 Å². The summed E-state index contributed by atoms with van der Waals surface area (Å²) in [5.74, 6) is -0.130. The second-order valence-electron chi connectivity index (χ2n) is 4.44. The van der Waals surface area contributed by atoms with E-state index in [1.807, 2.05) is 45.3 Å². The molecule has 0 heterocycles. The standard InChI is InChI=1S/C13H21N3O/c1-4-12(14)13(17)15-11-7-5-6-10(8-11)9-16(2)3/h5-8,12H,4,9,14H2,1-3H3,(H,15,17). The van der Waals surface area contributed by atoms with Crippen LogP contribution in [0.25, 0.3) is 0 Å². The number of benzene rings is 1. The fraction of sp³-hybridized carbons (Fsp3) is 0.462. The van der Waals surface area contributed by atoms with Crippen molar-refractivity contribution in [2.45, 2.75) is 25.9 Å². The molecule has 0 spiro atoms. The largest absolute Gasteiger partial charge is 0.325 e. The van der Waals surface area contributed by atoms with Crippen LogP contribution in [0, 0.1) is 0 Å². The Morgan fingerprint density at radius 3 is 2.76 bits per heavy atom. The van der Waals surface area contributed by atoms with Gasteiger partial charge in [0.05, 0.1) is 6.04 Å². The monoisotopic (exact) mass is 235 g/mol. The first-order valence-corrected chi connectivity index (χ1v) is 5.83. The van der Waals surface area contributed by atoms with Gasteiger partial charge in [-0.15, -0.1) is 0 Å². The Bertz CT molecular complexity index is 377. The van der Waals surface area contributed by atoms with Crippen molar-refractivity contribution in [1.82, 2.24) is 4.90 Å². The maximum atomic E-state index is 11.6. The van der Waals surface area contributed by atoms with Crippen molar-refractivity contribution in [3.63, 3.8) is 0 Å². The first-order chi connectivity index (χ1) is 8.02. The number of anilines is 1. The zero-order chi connectivity index (χ0) is 12.8. The second kappa shape index (κ2) is 6.37. The molecule has 1 amide bonds. The molecule has 0 bridgehead atoms. The summed E-state index contributed by atoms with van der Waals surface area (Å²) in [6, 6.07) is 7.38. The minimum Gasteiger partial charge on any atom is -0.325 e. The summed E-state index contributed by atoms with van der Waals surface area (Å²) >= 11 is 0. The topological polar surface area (TPSA) is 58.4 Å². The molecule has 17 heavy (non-hydrogen) atoms. The summed E-state index contributed by atoms with van der Waals surface area (Å²) in [7, 11) is 4.02. The summed E-state index contributed by atoms with van der Waals surface area (Å²) in [6.07, 6.45) is 0.642. The van der Waals surface area contributed by atoms with Gasteiger partial charge in [-0.05, 0) is 38.2 Å². The van der Waals surface area contributed by atoms with Crippen molar-refractivity contribution in [1.29, 1.82) is 0 Å². The van der Waals surface area contributed by atoms with E-state index in [0.29, 0.717) is 6.42 Å². The molecule has 0 saturated carbocycles. The maximum Gasteiger partial charge on any atom is 0.241 e. The Morgan fingerprint density at radius 1 is 1.47 bits per heavy atom.